The van der Waals surface area contributed by atoms with Gasteiger partial charge in [-0.1, -0.05) is 12.1 Å². The smallest absolute Gasteiger partial charge is 0.362 e. The lowest BCUT2D eigenvalue weighted by molar-refractivity contribution is 0.0517. The van der Waals surface area contributed by atoms with E-state index in [1.807, 2.05) is 0 Å². The molecule has 0 aliphatic heterocycles. The van der Waals surface area contributed by atoms with Gasteiger partial charge in [0, 0.05) is 0 Å². The van der Waals surface area contributed by atoms with Crippen LogP contribution >= 0.6 is 11.6 Å². The van der Waals surface area contributed by atoms with E-state index >= 15 is 0 Å². The predicted molar refractivity (Wildman–Crippen MR) is 67.8 cm³/mol. The van der Waals surface area contributed by atoms with Gasteiger partial charge in [0.25, 0.3) is 5.56 Å². The summed E-state index contributed by atoms with van der Waals surface area (Å²) in [4.78, 5) is 27.7. The fraction of sp³-hybridized carbons (Fsp3) is 0.250. The summed E-state index contributed by atoms with van der Waals surface area (Å²) in [5.74, 6) is -0.730. The topological polar surface area (TPSA) is 61.2 Å². The van der Waals surface area contributed by atoms with Gasteiger partial charge in [0.05, 0.1) is 17.6 Å². The Kier molecular flexibility index (Phi) is 3.62. The van der Waals surface area contributed by atoms with Crippen molar-refractivity contribution in [2.75, 3.05) is 6.61 Å². The van der Waals surface area contributed by atoms with Gasteiger partial charge in [-0.3, -0.25) is 9.36 Å². The number of esters is 1. The highest BCUT2D eigenvalue weighted by molar-refractivity contribution is 6.15. The molecule has 0 spiro atoms. The molecule has 0 fully saturated rings. The molecule has 0 aliphatic carbocycles. The van der Waals surface area contributed by atoms with Crippen molar-refractivity contribution >= 4 is 28.6 Å². The highest BCUT2D eigenvalue weighted by atomic mass is 35.5. The number of fused-ring (bicyclic) bond motifs is 1. The summed E-state index contributed by atoms with van der Waals surface area (Å²) in [6.07, 6.45) is 0. The zero-order chi connectivity index (χ0) is 13.1. The van der Waals surface area contributed by atoms with Crippen molar-refractivity contribution in [3.8, 4) is 0 Å². The molecular weight excluding hydrogens is 256 g/mol. The molecule has 0 unspecified atom stereocenters. The first-order valence-corrected chi connectivity index (χ1v) is 5.95. The van der Waals surface area contributed by atoms with Crippen LogP contribution in [-0.2, 0) is 10.7 Å². The van der Waals surface area contributed by atoms with Crippen molar-refractivity contribution in [3.63, 3.8) is 0 Å². The number of rotatable bonds is 3. The molecule has 6 heteroatoms. The van der Waals surface area contributed by atoms with Gasteiger partial charge in [0.2, 0.25) is 5.69 Å². The van der Waals surface area contributed by atoms with Crippen LogP contribution in [0.4, 0.5) is 0 Å². The van der Waals surface area contributed by atoms with Crippen LogP contribution in [0.2, 0.25) is 0 Å². The van der Waals surface area contributed by atoms with Crippen LogP contribution in [0.25, 0.3) is 11.0 Å². The standard InChI is InChI=1S/C12H11ClN2O3/c1-2-18-12(17)10-11(16)15(7-13)9-6-4-3-5-8(9)14-10/h3-6H,2,7H2,1H3. The van der Waals surface area contributed by atoms with Crippen LogP contribution in [0.3, 0.4) is 0 Å². The Morgan fingerprint density at radius 3 is 2.83 bits per heavy atom. The van der Waals surface area contributed by atoms with Crippen molar-refractivity contribution in [1.29, 1.82) is 0 Å². The van der Waals surface area contributed by atoms with Gasteiger partial charge in [-0.05, 0) is 19.1 Å². The van der Waals surface area contributed by atoms with Crippen LogP contribution in [-0.4, -0.2) is 22.1 Å². The minimum atomic E-state index is -0.730. The van der Waals surface area contributed by atoms with E-state index in [1.54, 1.807) is 31.2 Å². The predicted octanol–water partition coefficient (Wildman–Crippen LogP) is 1.77. The molecule has 0 amide bonds. The number of carbonyl (C=O) groups is 1. The Hall–Kier alpha value is -1.88. The number of halogens is 1. The second-order valence-electron chi connectivity index (χ2n) is 3.52. The van der Waals surface area contributed by atoms with Crippen molar-refractivity contribution in [2.24, 2.45) is 0 Å². The molecule has 0 atom stereocenters. The summed E-state index contributed by atoms with van der Waals surface area (Å²) in [7, 11) is 0. The minimum Gasteiger partial charge on any atom is -0.461 e. The van der Waals surface area contributed by atoms with E-state index in [0.717, 1.165) is 0 Å². The number of carbonyl (C=O) groups excluding carboxylic acids is 1. The highest BCUT2D eigenvalue weighted by Gasteiger charge is 2.17. The monoisotopic (exact) mass is 266 g/mol. The molecule has 2 aromatic rings. The second-order valence-corrected chi connectivity index (χ2v) is 3.76. The first-order valence-electron chi connectivity index (χ1n) is 5.41. The fourth-order valence-electron chi connectivity index (χ4n) is 1.64. The van der Waals surface area contributed by atoms with Crippen LogP contribution in [0.15, 0.2) is 29.1 Å². The number of para-hydroxylation sites is 2. The van der Waals surface area contributed by atoms with Crippen LogP contribution in [0.5, 0.6) is 0 Å². The summed E-state index contributed by atoms with van der Waals surface area (Å²) in [6.45, 7) is 1.85. The van der Waals surface area contributed by atoms with Gasteiger partial charge in [0.1, 0.15) is 6.00 Å². The molecule has 0 saturated carbocycles. The molecule has 94 valence electrons. The number of aromatic nitrogens is 2. The first-order chi connectivity index (χ1) is 8.69. The lowest BCUT2D eigenvalue weighted by Crippen LogP contribution is -2.28. The van der Waals surface area contributed by atoms with Gasteiger partial charge < -0.3 is 4.74 Å². The number of alkyl halides is 1. The molecule has 0 N–H and O–H groups in total. The quantitative estimate of drug-likeness (QED) is 0.627. The normalized spacial score (nSPS) is 10.6. The van der Waals surface area contributed by atoms with Crippen molar-refractivity contribution in [1.82, 2.24) is 9.55 Å². The first kappa shape index (κ1) is 12.6. The van der Waals surface area contributed by atoms with Gasteiger partial charge >= 0.3 is 5.97 Å². The molecule has 0 radical (unpaired) electrons. The van der Waals surface area contributed by atoms with Crippen LogP contribution < -0.4 is 5.56 Å². The molecule has 0 aliphatic rings. The number of benzene rings is 1. The maximum atomic E-state index is 12.0. The minimum absolute atomic E-state index is 0.0473. The van der Waals surface area contributed by atoms with E-state index in [9.17, 15) is 9.59 Å². The summed E-state index contributed by atoms with van der Waals surface area (Å²) in [5.41, 5.74) is 0.338. The van der Waals surface area contributed by atoms with Gasteiger partial charge in [0.15, 0.2) is 0 Å². The Labute approximate surface area is 108 Å². The lowest BCUT2D eigenvalue weighted by Gasteiger charge is -2.08. The number of hydrogen-bond acceptors (Lipinski definition) is 4. The third kappa shape index (κ3) is 2.09. The Morgan fingerprint density at radius 2 is 2.17 bits per heavy atom. The molecular formula is C12H11ClN2O3. The largest absolute Gasteiger partial charge is 0.461 e. The second kappa shape index (κ2) is 5.18. The molecule has 1 heterocycles. The van der Waals surface area contributed by atoms with Crippen molar-refractivity contribution in [2.45, 2.75) is 12.9 Å². The number of nitrogens with zero attached hydrogens (tertiary/aromatic N) is 2. The zero-order valence-corrected chi connectivity index (χ0v) is 10.5. The van der Waals surface area contributed by atoms with E-state index in [-0.39, 0.29) is 18.3 Å². The molecule has 18 heavy (non-hydrogen) atoms. The van der Waals surface area contributed by atoms with E-state index in [0.29, 0.717) is 11.0 Å². The maximum Gasteiger partial charge on any atom is 0.362 e. The summed E-state index contributed by atoms with van der Waals surface area (Å²) >= 11 is 5.75. The lowest BCUT2D eigenvalue weighted by atomic mass is 10.3. The molecule has 0 saturated heterocycles. The highest BCUT2D eigenvalue weighted by Crippen LogP contribution is 2.10. The zero-order valence-electron chi connectivity index (χ0n) is 9.72. The molecule has 0 bridgehead atoms. The van der Waals surface area contributed by atoms with Crippen LogP contribution in [0.1, 0.15) is 17.4 Å². The Balaban J connectivity index is 2.73. The van der Waals surface area contributed by atoms with Gasteiger partial charge in [-0.25, -0.2) is 9.78 Å². The molecule has 2 rings (SSSR count). The fourth-order valence-corrected chi connectivity index (χ4v) is 1.88. The van der Waals surface area contributed by atoms with Crippen molar-refractivity contribution < 1.29 is 9.53 Å². The summed E-state index contributed by atoms with van der Waals surface area (Å²) in [6, 6.07) is 6.93. The maximum absolute atomic E-state index is 12.0. The summed E-state index contributed by atoms with van der Waals surface area (Å²) < 4.78 is 6.09. The van der Waals surface area contributed by atoms with Crippen molar-refractivity contribution in [3.05, 3.63) is 40.3 Å². The Bertz CT molecular complexity index is 651. The average molecular weight is 267 g/mol. The Morgan fingerprint density at radius 1 is 1.44 bits per heavy atom. The molecule has 5 nitrogen and oxygen atoms in total. The molecule has 1 aromatic carbocycles. The van der Waals surface area contributed by atoms with E-state index in [1.165, 1.54) is 4.57 Å². The third-order valence-electron chi connectivity index (χ3n) is 2.44. The number of hydrogen-bond donors (Lipinski definition) is 0. The van der Waals surface area contributed by atoms with Gasteiger partial charge in [-0.2, -0.15) is 0 Å². The van der Waals surface area contributed by atoms with Gasteiger partial charge in [-0.15, -0.1) is 11.6 Å². The van der Waals surface area contributed by atoms with E-state index in [4.69, 9.17) is 16.3 Å². The number of ether oxygens (including phenoxy) is 1. The summed E-state index contributed by atoms with van der Waals surface area (Å²) in [5, 5.41) is 0. The van der Waals surface area contributed by atoms with E-state index < -0.39 is 11.5 Å². The SMILES string of the molecule is CCOC(=O)c1nc2ccccc2n(CCl)c1=O. The van der Waals surface area contributed by atoms with E-state index in [2.05, 4.69) is 4.98 Å². The molecule has 1 aromatic heterocycles. The third-order valence-corrected chi connectivity index (χ3v) is 2.68. The van der Waals surface area contributed by atoms with Crippen LogP contribution in [0, 0.1) is 0 Å². The average Bonchev–Trinajstić information content (AvgIpc) is 2.38.